The summed E-state index contributed by atoms with van der Waals surface area (Å²) in [6.45, 7) is 0.635. The fraction of sp³-hybridized carbons (Fsp3) is 0.300. The highest BCUT2D eigenvalue weighted by molar-refractivity contribution is 5.98. The molecule has 0 bridgehead atoms. The van der Waals surface area contributed by atoms with Gasteiger partial charge in [0.2, 0.25) is 11.8 Å². The summed E-state index contributed by atoms with van der Waals surface area (Å²) in [4.78, 5) is 26.2. The molecule has 1 aliphatic heterocycles. The average molecular weight is 356 g/mol. The Morgan fingerprint density at radius 1 is 1.23 bits per heavy atom. The van der Waals surface area contributed by atoms with Crippen LogP contribution in [0.5, 0.6) is 5.75 Å². The van der Waals surface area contributed by atoms with Crippen molar-refractivity contribution in [3.63, 3.8) is 0 Å². The number of nitrogens with zero attached hydrogens (tertiary/aromatic N) is 1. The van der Waals surface area contributed by atoms with Crippen LogP contribution in [0.3, 0.4) is 0 Å². The van der Waals surface area contributed by atoms with Crippen LogP contribution >= 0.6 is 0 Å². The first-order chi connectivity index (χ1) is 12.6. The molecule has 6 heteroatoms. The van der Waals surface area contributed by atoms with Gasteiger partial charge in [0.25, 0.3) is 0 Å². The van der Waals surface area contributed by atoms with Gasteiger partial charge in [-0.25, -0.2) is 4.39 Å². The van der Waals surface area contributed by atoms with Crippen LogP contribution in [0.15, 0.2) is 42.5 Å². The van der Waals surface area contributed by atoms with E-state index in [1.807, 2.05) is 0 Å². The van der Waals surface area contributed by atoms with E-state index in [0.717, 1.165) is 12.8 Å². The van der Waals surface area contributed by atoms with E-state index in [4.69, 9.17) is 4.74 Å². The van der Waals surface area contributed by atoms with Gasteiger partial charge < -0.3 is 15.0 Å². The van der Waals surface area contributed by atoms with Crippen molar-refractivity contribution in [2.24, 2.45) is 0 Å². The lowest BCUT2D eigenvalue weighted by Gasteiger charge is -2.28. The molecule has 1 saturated heterocycles. The lowest BCUT2D eigenvalue weighted by molar-refractivity contribution is -0.119. The molecule has 1 fully saturated rings. The monoisotopic (exact) mass is 356 g/mol. The smallest absolute Gasteiger partial charge is 0.228 e. The fourth-order valence-electron chi connectivity index (χ4n) is 3.08. The van der Waals surface area contributed by atoms with Crippen molar-refractivity contribution in [3.05, 3.63) is 53.8 Å². The molecule has 2 amide bonds. The van der Waals surface area contributed by atoms with Gasteiger partial charge in [-0.1, -0.05) is 12.1 Å². The maximum absolute atomic E-state index is 13.2. The van der Waals surface area contributed by atoms with E-state index in [9.17, 15) is 14.0 Å². The molecule has 136 valence electrons. The molecule has 0 aromatic heterocycles. The number of halogens is 1. The zero-order valence-corrected chi connectivity index (χ0v) is 14.6. The van der Waals surface area contributed by atoms with Gasteiger partial charge in [0, 0.05) is 18.7 Å². The molecule has 26 heavy (non-hydrogen) atoms. The van der Waals surface area contributed by atoms with Crippen LogP contribution in [0.1, 0.15) is 24.8 Å². The molecule has 0 radical (unpaired) electrons. The summed E-state index contributed by atoms with van der Waals surface area (Å²) in [7, 11) is 1.55. The number of carbonyl (C=O) groups excluding carboxylic acids is 2. The second-order valence-electron chi connectivity index (χ2n) is 6.24. The van der Waals surface area contributed by atoms with Crippen molar-refractivity contribution in [2.45, 2.75) is 25.7 Å². The number of piperidine rings is 1. The highest BCUT2D eigenvalue weighted by Gasteiger charge is 2.23. The van der Waals surface area contributed by atoms with E-state index in [-0.39, 0.29) is 24.1 Å². The zero-order chi connectivity index (χ0) is 18.5. The molecule has 1 heterocycles. The maximum Gasteiger partial charge on any atom is 0.228 e. The number of hydrogen-bond donors (Lipinski definition) is 1. The summed E-state index contributed by atoms with van der Waals surface area (Å²) >= 11 is 0. The summed E-state index contributed by atoms with van der Waals surface area (Å²) in [6, 6.07) is 11.2. The minimum absolute atomic E-state index is 0.0535. The van der Waals surface area contributed by atoms with Crippen molar-refractivity contribution >= 4 is 23.2 Å². The second-order valence-corrected chi connectivity index (χ2v) is 6.24. The SMILES string of the molecule is COc1ccc(NC(=O)Cc2cccc(F)c2)cc1N1CCCCC1=O. The lowest BCUT2D eigenvalue weighted by atomic mass is 10.1. The predicted octanol–water partition coefficient (Wildman–Crippen LogP) is 3.53. The quantitative estimate of drug-likeness (QED) is 0.892. The van der Waals surface area contributed by atoms with Crippen LogP contribution in [0.4, 0.5) is 15.8 Å². The fourth-order valence-corrected chi connectivity index (χ4v) is 3.08. The van der Waals surface area contributed by atoms with Gasteiger partial charge in [-0.05, 0) is 48.7 Å². The molecule has 2 aromatic rings. The number of methoxy groups -OCH3 is 1. The first-order valence-corrected chi connectivity index (χ1v) is 8.59. The first-order valence-electron chi connectivity index (χ1n) is 8.59. The van der Waals surface area contributed by atoms with Crippen LogP contribution in [0, 0.1) is 5.82 Å². The predicted molar refractivity (Wildman–Crippen MR) is 97.9 cm³/mol. The largest absolute Gasteiger partial charge is 0.495 e. The minimum Gasteiger partial charge on any atom is -0.495 e. The van der Waals surface area contributed by atoms with Gasteiger partial charge in [0.05, 0.1) is 19.2 Å². The topological polar surface area (TPSA) is 58.6 Å². The molecule has 1 N–H and O–H groups in total. The summed E-state index contributed by atoms with van der Waals surface area (Å²) < 4.78 is 18.6. The molecule has 1 aliphatic rings. The van der Waals surface area contributed by atoms with Crippen molar-refractivity contribution in [3.8, 4) is 5.75 Å². The molecule has 0 aliphatic carbocycles. The molecule has 0 saturated carbocycles. The zero-order valence-electron chi connectivity index (χ0n) is 14.6. The summed E-state index contributed by atoms with van der Waals surface area (Å²) in [5.74, 6) is 0.0171. The molecule has 0 unspecified atom stereocenters. The summed E-state index contributed by atoms with van der Waals surface area (Å²) in [6.07, 6.45) is 2.41. The maximum atomic E-state index is 13.2. The average Bonchev–Trinajstić information content (AvgIpc) is 2.62. The van der Waals surface area contributed by atoms with E-state index < -0.39 is 0 Å². The molecule has 3 rings (SSSR count). The number of benzene rings is 2. The Morgan fingerprint density at radius 3 is 2.81 bits per heavy atom. The number of amides is 2. The van der Waals surface area contributed by atoms with Crippen LogP contribution in [-0.4, -0.2) is 25.5 Å². The van der Waals surface area contributed by atoms with E-state index in [1.165, 1.54) is 12.1 Å². The van der Waals surface area contributed by atoms with Crippen LogP contribution in [0.25, 0.3) is 0 Å². The highest BCUT2D eigenvalue weighted by Crippen LogP contribution is 2.33. The van der Waals surface area contributed by atoms with Gasteiger partial charge in [0.1, 0.15) is 11.6 Å². The van der Waals surface area contributed by atoms with Crippen molar-refractivity contribution < 1.29 is 18.7 Å². The van der Waals surface area contributed by atoms with Crippen LogP contribution in [0.2, 0.25) is 0 Å². The summed E-state index contributed by atoms with van der Waals surface area (Å²) in [5, 5.41) is 2.80. The normalized spacial score (nSPS) is 14.2. The van der Waals surface area contributed by atoms with Gasteiger partial charge >= 0.3 is 0 Å². The Morgan fingerprint density at radius 2 is 2.08 bits per heavy atom. The van der Waals surface area contributed by atoms with Gasteiger partial charge in [-0.15, -0.1) is 0 Å². The molecule has 5 nitrogen and oxygen atoms in total. The third-order valence-electron chi connectivity index (χ3n) is 4.33. The Bertz CT molecular complexity index is 822. The molecular formula is C20H21FN2O3. The lowest BCUT2D eigenvalue weighted by Crippen LogP contribution is -2.35. The van der Waals surface area contributed by atoms with E-state index in [1.54, 1.807) is 42.3 Å². The number of rotatable bonds is 5. The van der Waals surface area contributed by atoms with Crippen molar-refractivity contribution in [1.82, 2.24) is 0 Å². The molecule has 0 spiro atoms. The van der Waals surface area contributed by atoms with Crippen LogP contribution in [-0.2, 0) is 16.0 Å². The minimum atomic E-state index is -0.370. The molecule has 0 atom stereocenters. The Balaban J connectivity index is 1.76. The summed E-state index contributed by atoms with van der Waals surface area (Å²) in [5.41, 5.74) is 1.82. The molecule has 2 aromatic carbocycles. The van der Waals surface area contributed by atoms with Gasteiger partial charge in [-0.3, -0.25) is 9.59 Å². The Labute approximate surface area is 151 Å². The number of anilines is 2. The van der Waals surface area contributed by atoms with E-state index in [0.29, 0.717) is 35.7 Å². The van der Waals surface area contributed by atoms with Gasteiger partial charge in [-0.2, -0.15) is 0 Å². The van der Waals surface area contributed by atoms with Gasteiger partial charge in [0.15, 0.2) is 0 Å². The number of ether oxygens (including phenoxy) is 1. The van der Waals surface area contributed by atoms with Crippen LogP contribution < -0.4 is 15.0 Å². The Hall–Kier alpha value is -2.89. The third kappa shape index (κ3) is 4.20. The van der Waals surface area contributed by atoms with Crippen molar-refractivity contribution in [2.75, 3.05) is 23.9 Å². The number of hydrogen-bond acceptors (Lipinski definition) is 3. The molecular weight excluding hydrogens is 335 g/mol. The highest BCUT2D eigenvalue weighted by atomic mass is 19.1. The third-order valence-corrected chi connectivity index (χ3v) is 4.33. The number of carbonyl (C=O) groups is 2. The standard InChI is InChI=1S/C20H21FN2O3/c1-26-18-9-8-16(13-17(18)23-10-3-2-7-20(23)25)22-19(24)12-14-5-4-6-15(21)11-14/h4-6,8-9,11,13H,2-3,7,10,12H2,1H3,(H,22,24). The van der Waals surface area contributed by atoms with Crippen molar-refractivity contribution in [1.29, 1.82) is 0 Å². The van der Waals surface area contributed by atoms with E-state index >= 15 is 0 Å². The van der Waals surface area contributed by atoms with E-state index in [2.05, 4.69) is 5.32 Å². The first kappa shape index (κ1) is 17.9. The number of nitrogens with one attached hydrogen (secondary N) is 1. The second kappa shape index (κ2) is 7.99. The Kier molecular flexibility index (Phi) is 5.51.